The van der Waals surface area contributed by atoms with E-state index in [2.05, 4.69) is 31.0 Å². The second-order valence-corrected chi connectivity index (χ2v) is 7.63. The average molecular weight is 351 g/mol. The standard InChI is InChI=1S/C21H25N3O2/c1-5-15(25)11-10-14-12-16(21(2,3)4)20(26)19(13-14)24-22-17-8-6-7-9-18(17)23-24/h6-9,12-13,26H,5,10-11H2,1-4H3. The minimum absolute atomic E-state index is 0.184. The molecule has 2 aromatic carbocycles. The number of nitrogens with zero attached hydrogens (tertiary/aromatic N) is 3. The zero-order valence-electron chi connectivity index (χ0n) is 15.8. The second kappa shape index (κ2) is 6.90. The van der Waals surface area contributed by atoms with E-state index in [0.717, 1.165) is 22.2 Å². The number of Topliss-reactive ketones (excluding diaryl/α,β-unsaturated/α-hetero) is 1. The molecule has 0 aliphatic carbocycles. The van der Waals surface area contributed by atoms with E-state index < -0.39 is 0 Å². The normalized spacial score (nSPS) is 11.8. The van der Waals surface area contributed by atoms with Gasteiger partial charge in [0.2, 0.25) is 0 Å². The largest absolute Gasteiger partial charge is 0.505 e. The second-order valence-electron chi connectivity index (χ2n) is 7.63. The van der Waals surface area contributed by atoms with Gasteiger partial charge in [0.15, 0.2) is 0 Å². The van der Waals surface area contributed by atoms with E-state index in [9.17, 15) is 9.90 Å². The molecule has 1 N–H and O–H groups in total. The molecule has 0 amide bonds. The first-order chi connectivity index (χ1) is 12.3. The van der Waals surface area contributed by atoms with E-state index in [1.807, 2.05) is 43.3 Å². The van der Waals surface area contributed by atoms with Crippen LogP contribution in [0.2, 0.25) is 0 Å². The summed E-state index contributed by atoms with van der Waals surface area (Å²) in [6, 6.07) is 11.5. The van der Waals surface area contributed by atoms with Crippen LogP contribution in [0.15, 0.2) is 36.4 Å². The van der Waals surface area contributed by atoms with Crippen molar-refractivity contribution in [1.29, 1.82) is 0 Å². The number of aryl methyl sites for hydroxylation is 1. The summed E-state index contributed by atoms with van der Waals surface area (Å²) in [5, 5.41) is 19.9. The highest BCUT2D eigenvalue weighted by Crippen LogP contribution is 2.36. The van der Waals surface area contributed by atoms with Gasteiger partial charge >= 0.3 is 0 Å². The Kier molecular flexibility index (Phi) is 4.81. The third kappa shape index (κ3) is 3.62. The molecule has 1 aromatic heterocycles. The number of benzene rings is 2. The number of carbonyl (C=O) groups excluding carboxylic acids is 1. The predicted octanol–water partition coefficient (Wildman–Crippen LogP) is 4.34. The lowest BCUT2D eigenvalue weighted by Crippen LogP contribution is -2.14. The smallest absolute Gasteiger partial charge is 0.146 e. The lowest BCUT2D eigenvalue weighted by molar-refractivity contribution is -0.118. The fourth-order valence-corrected chi connectivity index (χ4v) is 2.97. The van der Waals surface area contributed by atoms with Crippen molar-refractivity contribution in [3.63, 3.8) is 0 Å². The molecule has 5 heteroatoms. The van der Waals surface area contributed by atoms with Crippen molar-refractivity contribution >= 4 is 16.8 Å². The van der Waals surface area contributed by atoms with Gasteiger partial charge in [0.1, 0.15) is 28.3 Å². The number of ketones is 1. The molecule has 3 aromatic rings. The minimum atomic E-state index is -0.240. The number of aromatic hydroxyl groups is 1. The lowest BCUT2D eigenvalue weighted by Gasteiger charge is -2.23. The van der Waals surface area contributed by atoms with Crippen molar-refractivity contribution in [3.05, 3.63) is 47.5 Å². The van der Waals surface area contributed by atoms with Crippen LogP contribution in [0.25, 0.3) is 16.7 Å². The molecule has 136 valence electrons. The molecule has 3 rings (SSSR count). The fraction of sp³-hybridized carbons (Fsp3) is 0.381. The fourth-order valence-electron chi connectivity index (χ4n) is 2.97. The first-order valence-electron chi connectivity index (χ1n) is 9.00. The van der Waals surface area contributed by atoms with E-state index in [1.54, 1.807) is 0 Å². The van der Waals surface area contributed by atoms with Crippen LogP contribution >= 0.6 is 0 Å². The van der Waals surface area contributed by atoms with E-state index in [-0.39, 0.29) is 16.9 Å². The Hall–Kier alpha value is -2.69. The number of aromatic nitrogens is 3. The van der Waals surface area contributed by atoms with Crippen LogP contribution in [0.3, 0.4) is 0 Å². The summed E-state index contributed by atoms with van der Waals surface area (Å²) >= 11 is 0. The Bertz CT molecular complexity index is 919. The highest BCUT2D eigenvalue weighted by atomic mass is 16.3. The molecule has 0 bridgehead atoms. The minimum Gasteiger partial charge on any atom is -0.505 e. The third-order valence-corrected chi connectivity index (χ3v) is 4.55. The number of phenolic OH excluding ortho intramolecular Hbond substituents is 1. The van der Waals surface area contributed by atoms with Crippen molar-refractivity contribution < 1.29 is 9.90 Å². The molecule has 0 saturated heterocycles. The highest BCUT2D eigenvalue weighted by molar-refractivity contribution is 5.78. The number of hydrogen-bond acceptors (Lipinski definition) is 4. The SMILES string of the molecule is CCC(=O)CCc1cc(-n2nc3ccccc3n2)c(O)c(C(C)(C)C)c1. The quantitative estimate of drug-likeness (QED) is 0.743. The molecule has 0 aliphatic heterocycles. The maximum Gasteiger partial charge on any atom is 0.146 e. The topological polar surface area (TPSA) is 68.0 Å². The summed E-state index contributed by atoms with van der Waals surface area (Å²) in [5.41, 5.74) is 3.69. The zero-order chi connectivity index (χ0) is 18.9. The number of rotatable bonds is 5. The van der Waals surface area contributed by atoms with Gasteiger partial charge in [-0.3, -0.25) is 4.79 Å². The Morgan fingerprint density at radius 2 is 1.73 bits per heavy atom. The van der Waals surface area contributed by atoms with Crippen molar-refractivity contribution in [2.45, 2.75) is 52.4 Å². The van der Waals surface area contributed by atoms with E-state index in [0.29, 0.717) is 24.9 Å². The van der Waals surface area contributed by atoms with Crippen LogP contribution in [0.4, 0.5) is 0 Å². The monoisotopic (exact) mass is 351 g/mol. The predicted molar refractivity (Wildman–Crippen MR) is 103 cm³/mol. The third-order valence-electron chi connectivity index (χ3n) is 4.55. The van der Waals surface area contributed by atoms with Crippen molar-refractivity contribution in [2.75, 3.05) is 0 Å². The molecular formula is C21H25N3O2. The van der Waals surface area contributed by atoms with Gasteiger partial charge in [-0.25, -0.2) is 0 Å². The number of hydrogen-bond donors (Lipinski definition) is 1. The molecule has 26 heavy (non-hydrogen) atoms. The molecule has 0 fully saturated rings. The maximum atomic E-state index is 11.7. The van der Waals surface area contributed by atoms with Crippen molar-refractivity contribution in [3.8, 4) is 11.4 Å². The summed E-state index contributed by atoms with van der Waals surface area (Å²) < 4.78 is 0. The number of fused-ring (bicyclic) bond motifs is 1. The first-order valence-corrected chi connectivity index (χ1v) is 9.00. The summed E-state index contributed by atoms with van der Waals surface area (Å²) in [7, 11) is 0. The lowest BCUT2D eigenvalue weighted by atomic mass is 9.84. The van der Waals surface area contributed by atoms with Crippen molar-refractivity contribution in [2.24, 2.45) is 0 Å². The van der Waals surface area contributed by atoms with Gasteiger partial charge in [0, 0.05) is 18.4 Å². The molecule has 0 aliphatic rings. The van der Waals surface area contributed by atoms with Gasteiger partial charge in [-0.05, 0) is 35.6 Å². The molecule has 1 heterocycles. The van der Waals surface area contributed by atoms with E-state index >= 15 is 0 Å². The zero-order valence-corrected chi connectivity index (χ0v) is 15.8. The van der Waals surface area contributed by atoms with Gasteiger partial charge in [0.05, 0.1) is 0 Å². The van der Waals surface area contributed by atoms with E-state index in [1.165, 1.54) is 4.80 Å². The van der Waals surface area contributed by atoms with Crippen LogP contribution < -0.4 is 0 Å². The first kappa shape index (κ1) is 18.1. The molecule has 0 atom stereocenters. The molecular weight excluding hydrogens is 326 g/mol. The summed E-state index contributed by atoms with van der Waals surface area (Å²) in [4.78, 5) is 13.2. The summed E-state index contributed by atoms with van der Waals surface area (Å²) in [5.74, 6) is 0.420. The Labute approximate surface area is 153 Å². The molecule has 0 spiro atoms. The van der Waals surface area contributed by atoms with Crippen LogP contribution in [0.1, 0.15) is 51.7 Å². The molecule has 0 unspecified atom stereocenters. The van der Waals surface area contributed by atoms with Crippen LogP contribution in [0.5, 0.6) is 5.75 Å². The van der Waals surface area contributed by atoms with Gasteiger partial charge < -0.3 is 5.11 Å². The molecule has 0 radical (unpaired) electrons. The Balaban J connectivity index is 2.11. The van der Waals surface area contributed by atoms with Gasteiger partial charge in [0.25, 0.3) is 0 Å². The van der Waals surface area contributed by atoms with E-state index in [4.69, 9.17) is 0 Å². The number of phenols is 1. The van der Waals surface area contributed by atoms with Crippen molar-refractivity contribution in [1.82, 2.24) is 15.0 Å². The van der Waals surface area contributed by atoms with Gasteiger partial charge in [-0.2, -0.15) is 0 Å². The van der Waals surface area contributed by atoms with Gasteiger partial charge in [-0.1, -0.05) is 45.9 Å². The summed E-state index contributed by atoms with van der Waals surface area (Å²) in [6.07, 6.45) is 1.69. The van der Waals surface area contributed by atoms with Crippen LogP contribution in [0, 0.1) is 0 Å². The molecule has 0 saturated carbocycles. The Morgan fingerprint density at radius 1 is 1.12 bits per heavy atom. The number of carbonyl (C=O) groups is 1. The average Bonchev–Trinajstić information content (AvgIpc) is 3.03. The van der Waals surface area contributed by atoms with Crippen LogP contribution in [-0.4, -0.2) is 25.9 Å². The van der Waals surface area contributed by atoms with Gasteiger partial charge in [-0.15, -0.1) is 15.0 Å². The highest BCUT2D eigenvalue weighted by Gasteiger charge is 2.23. The summed E-state index contributed by atoms with van der Waals surface area (Å²) in [6.45, 7) is 8.05. The van der Waals surface area contributed by atoms with Crippen LogP contribution in [-0.2, 0) is 16.6 Å². The Morgan fingerprint density at radius 3 is 2.27 bits per heavy atom. The maximum absolute atomic E-state index is 11.7. The molecule has 5 nitrogen and oxygen atoms in total.